The Morgan fingerprint density at radius 2 is 1.79 bits per heavy atom. The lowest BCUT2D eigenvalue weighted by Crippen LogP contribution is -2.10. The third-order valence-corrected chi connectivity index (χ3v) is 5.13. The van der Waals surface area contributed by atoms with Gasteiger partial charge in [0, 0.05) is 35.0 Å². The highest BCUT2D eigenvalue weighted by atomic mass is 32.3. The van der Waals surface area contributed by atoms with Crippen molar-refractivity contribution >= 4 is 21.3 Å². The normalized spacial score (nSPS) is 13.7. The highest BCUT2D eigenvalue weighted by Gasteiger charge is 2.19. The van der Waals surface area contributed by atoms with Gasteiger partial charge >= 0.3 is 10.4 Å². The Balaban J connectivity index is 0.000000403. The minimum atomic E-state index is -4.67. The maximum absolute atomic E-state index is 8.74. The first kappa shape index (κ1) is 20.5. The molecule has 1 aromatic carbocycles. The Kier molecular flexibility index (Phi) is 6.17. The molecule has 0 fully saturated rings. The maximum atomic E-state index is 8.74. The van der Waals surface area contributed by atoms with Gasteiger partial charge in [-0.05, 0) is 75.3 Å². The van der Waals surface area contributed by atoms with E-state index >= 15 is 0 Å². The van der Waals surface area contributed by atoms with Crippen molar-refractivity contribution in [3.05, 3.63) is 64.6 Å². The van der Waals surface area contributed by atoms with Crippen molar-refractivity contribution in [3.63, 3.8) is 0 Å². The zero-order valence-electron chi connectivity index (χ0n) is 16.2. The zero-order valence-corrected chi connectivity index (χ0v) is 17.0. The Morgan fingerprint density at radius 1 is 1.07 bits per heavy atom. The minimum Gasteiger partial charge on any atom is -0.344 e. The quantitative estimate of drug-likeness (QED) is 0.643. The third kappa shape index (κ3) is 5.19. The Morgan fingerprint density at radius 3 is 2.46 bits per heavy atom. The molecule has 2 aromatic heterocycles. The summed E-state index contributed by atoms with van der Waals surface area (Å²) in [5.41, 5.74) is 8.39. The molecule has 2 N–H and O–H groups in total. The predicted octanol–water partition coefficient (Wildman–Crippen LogP) is 4.12. The molecule has 0 radical (unpaired) electrons. The fraction of sp³-hybridized carbons (Fsp3) is 0.381. The number of hydrogen-bond donors (Lipinski definition) is 2. The minimum absolute atomic E-state index is 1.05. The highest BCUT2D eigenvalue weighted by Crippen LogP contribution is 2.33. The van der Waals surface area contributed by atoms with Crippen molar-refractivity contribution in [2.45, 2.75) is 52.5 Å². The number of hydrogen-bond acceptors (Lipinski definition) is 3. The van der Waals surface area contributed by atoms with Crippen LogP contribution in [-0.2, 0) is 36.2 Å². The topological polar surface area (TPSA) is 92.4 Å². The molecule has 0 spiro atoms. The molecule has 0 saturated carbocycles. The van der Waals surface area contributed by atoms with Crippen LogP contribution in [0.2, 0.25) is 0 Å². The summed E-state index contributed by atoms with van der Waals surface area (Å²) >= 11 is 0. The van der Waals surface area contributed by atoms with Gasteiger partial charge in [-0.3, -0.25) is 14.1 Å². The van der Waals surface area contributed by atoms with Crippen molar-refractivity contribution in [1.82, 2.24) is 9.55 Å². The fourth-order valence-corrected chi connectivity index (χ4v) is 3.89. The first-order chi connectivity index (χ1) is 13.2. The van der Waals surface area contributed by atoms with E-state index in [9.17, 15) is 0 Å². The van der Waals surface area contributed by atoms with E-state index in [4.69, 9.17) is 17.5 Å². The number of benzene rings is 1. The number of fused-ring (bicyclic) bond motifs is 3. The van der Waals surface area contributed by atoms with Crippen LogP contribution in [-0.4, -0.2) is 27.1 Å². The van der Waals surface area contributed by atoms with Crippen LogP contribution >= 0.6 is 0 Å². The zero-order chi connectivity index (χ0) is 20.3. The number of pyridine rings is 1. The van der Waals surface area contributed by atoms with Crippen molar-refractivity contribution in [2.75, 3.05) is 0 Å². The van der Waals surface area contributed by atoms with Gasteiger partial charge in [0.2, 0.25) is 0 Å². The van der Waals surface area contributed by atoms with E-state index in [0.29, 0.717) is 0 Å². The molecule has 3 aromatic rings. The van der Waals surface area contributed by atoms with Crippen LogP contribution in [0.3, 0.4) is 0 Å². The molecular formula is C21H26N2O4S. The Bertz CT molecular complexity index is 1060. The number of nitrogens with zero attached hydrogens (tertiary/aromatic N) is 2. The van der Waals surface area contributed by atoms with Gasteiger partial charge in [0.05, 0.1) is 0 Å². The lowest BCUT2D eigenvalue weighted by atomic mass is 9.95. The average Bonchev–Trinajstić information content (AvgIpc) is 2.93. The molecule has 7 heteroatoms. The van der Waals surface area contributed by atoms with E-state index in [1.807, 2.05) is 13.1 Å². The van der Waals surface area contributed by atoms with Crippen molar-refractivity contribution in [2.24, 2.45) is 0 Å². The van der Waals surface area contributed by atoms with E-state index < -0.39 is 10.4 Å². The molecule has 28 heavy (non-hydrogen) atoms. The SMILES string of the molecule is Cc1ccc2c(c1)c1c(n2CCc2ccc(C)nc2)CCCC1.O=S(=O)(O)O. The summed E-state index contributed by atoms with van der Waals surface area (Å²) in [6.45, 7) is 5.30. The molecule has 1 aliphatic rings. The molecule has 0 aliphatic heterocycles. The van der Waals surface area contributed by atoms with E-state index in [1.54, 1.807) is 11.3 Å². The van der Waals surface area contributed by atoms with Crippen LogP contribution < -0.4 is 0 Å². The first-order valence-corrected chi connectivity index (χ1v) is 10.8. The fourth-order valence-electron chi connectivity index (χ4n) is 3.89. The first-order valence-electron chi connectivity index (χ1n) is 9.44. The smallest absolute Gasteiger partial charge is 0.344 e. The van der Waals surface area contributed by atoms with E-state index in [1.165, 1.54) is 47.7 Å². The maximum Gasteiger partial charge on any atom is 0.394 e. The van der Waals surface area contributed by atoms with Crippen LogP contribution in [0.25, 0.3) is 10.9 Å². The van der Waals surface area contributed by atoms with Crippen molar-refractivity contribution < 1.29 is 17.5 Å². The van der Waals surface area contributed by atoms with Crippen LogP contribution in [0, 0.1) is 13.8 Å². The second-order valence-electron chi connectivity index (χ2n) is 7.31. The molecule has 0 saturated heterocycles. The summed E-state index contributed by atoms with van der Waals surface area (Å²) in [6.07, 6.45) is 8.22. The summed E-state index contributed by atoms with van der Waals surface area (Å²) in [4.78, 5) is 4.43. The second kappa shape index (κ2) is 8.43. The van der Waals surface area contributed by atoms with Crippen molar-refractivity contribution in [1.29, 1.82) is 0 Å². The molecule has 6 nitrogen and oxygen atoms in total. The lowest BCUT2D eigenvalue weighted by Gasteiger charge is -2.16. The Hall–Kier alpha value is -2.22. The summed E-state index contributed by atoms with van der Waals surface area (Å²) < 4.78 is 34.2. The standard InChI is InChI=1S/C21H24N2.H2O4S/c1-15-7-10-21-19(13-15)18-5-3-4-6-20(18)23(21)12-11-17-9-8-16(2)22-14-17;1-5(2,3)4/h7-10,13-14H,3-6,11-12H2,1-2H3;(H2,1,2,3,4). The van der Waals surface area contributed by atoms with Crippen LogP contribution in [0.1, 0.15) is 40.9 Å². The van der Waals surface area contributed by atoms with Gasteiger partial charge in [0.25, 0.3) is 0 Å². The van der Waals surface area contributed by atoms with Gasteiger partial charge in [0.15, 0.2) is 0 Å². The molecule has 150 valence electrons. The van der Waals surface area contributed by atoms with Gasteiger partial charge in [-0.2, -0.15) is 8.42 Å². The molecule has 2 heterocycles. The third-order valence-electron chi connectivity index (χ3n) is 5.13. The molecule has 0 bridgehead atoms. The summed E-state index contributed by atoms with van der Waals surface area (Å²) in [7, 11) is -4.67. The largest absolute Gasteiger partial charge is 0.394 e. The van der Waals surface area contributed by atoms with E-state index in [2.05, 4.69) is 46.8 Å². The monoisotopic (exact) mass is 402 g/mol. The van der Waals surface area contributed by atoms with Gasteiger partial charge in [-0.15, -0.1) is 0 Å². The summed E-state index contributed by atoms with van der Waals surface area (Å²) in [6, 6.07) is 11.3. The van der Waals surface area contributed by atoms with Crippen LogP contribution in [0.4, 0.5) is 0 Å². The molecule has 0 atom stereocenters. The van der Waals surface area contributed by atoms with Crippen LogP contribution in [0.15, 0.2) is 36.5 Å². The van der Waals surface area contributed by atoms with Gasteiger partial charge < -0.3 is 4.57 Å². The van der Waals surface area contributed by atoms with Gasteiger partial charge in [-0.25, -0.2) is 0 Å². The molecule has 0 unspecified atom stereocenters. The number of rotatable bonds is 3. The van der Waals surface area contributed by atoms with Crippen molar-refractivity contribution in [3.8, 4) is 0 Å². The summed E-state index contributed by atoms with van der Waals surface area (Å²) in [5.74, 6) is 0. The lowest BCUT2D eigenvalue weighted by molar-refractivity contribution is 0.381. The molecule has 1 aliphatic carbocycles. The second-order valence-corrected chi connectivity index (χ2v) is 8.21. The Labute approximate surface area is 165 Å². The molecular weight excluding hydrogens is 376 g/mol. The van der Waals surface area contributed by atoms with Gasteiger partial charge in [-0.1, -0.05) is 17.7 Å². The average molecular weight is 403 g/mol. The highest BCUT2D eigenvalue weighted by molar-refractivity contribution is 7.79. The summed E-state index contributed by atoms with van der Waals surface area (Å²) in [5, 5.41) is 1.49. The molecule has 0 amide bonds. The predicted molar refractivity (Wildman–Crippen MR) is 110 cm³/mol. The van der Waals surface area contributed by atoms with Gasteiger partial charge in [0.1, 0.15) is 0 Å². The number of aryl methyl sites for hydroxylation is 5. The van der Waals surface area contributed by atoms with Crippen LogP contribution in [0.5, 0.6) is 0 Å². The van der Waals surface area contributed by atoms with E-state index in [0.717, 1.165) is 18.7 Å². The van der Waals surface area contributed by atoms with E-state index in [-0.39, 0.29) is 0 Å². The molecule has 4 rings (SSSR count). The number of aromatic nitrogens is 2.